The Balaban J connectivity index is 1.88. The summed E-state index contributed by atoms with van der Waals surface area (Å²) in [4.78, 5) is 14.4. The van der Waals surface area contributed by atoms with Crippen molar-refractivity contribution in [1.29, 1.82) is 0 Å². The second-order valence-corrected chi connectivity index (χ2v) is 6.44. The first-order chi connectivity index (χ1) is 12.4. The fourth-order valence-corrected chi connectivity index (χ4v) is 3.09. The first-order valence-corrected chi connectivity index (χ1v) is 8.49. The predicted molar refractivity (Wildman–Crippen MR) is 88.8 cm³/mol. The minimum Gasteiger partial charge on any atom is -0.381 e. The van der Waals surface area contributed by atoms with Crippen LogP contribution in [-0.4, -0.2) is 40.3 Å². The van der Waals surface area contributed by atoms with E-state index in [0.717, 1.165) is 11.6 Å². The molecule has 0 radical (unpaired) electrons. The van der Waals surface area contributed by atoms with Crippen LogP contribution in [0.3, 0.4) is 0 Å². The van der Waals surface area contributed by atoms with Gasteiger partial charge in [-0.2, -0.15) is 18.3 Å². The van der Waals surface area contributed by atoms with E-state index >= 15 is 0 Å². The lowest BCUT2D eigenvalue weighted by Crippen LogP contribution is -2.43. The number of halogens is 4. The lowest BCUT2D eigenvalue weighted by atomic mass is 10.0. The number of aromatic nitrogens is 2. The molecule has 1 aromatic carbocycles. The average Bonchev–Trinajstić information content (AvgIpc) is 3.12. The lowest BCUT2D eigenvalue weighted by molar-refractivity contribution is -0.141. The molecule has 1 amide bonds. The normalized spacial score (nSPS) is 15.8. The number of amides is 1. The molecule has 2 aromatic rings. The number of H-pyrrole nitrogens is 1. The lowest BCUT2D eigenvalue weighted by Gasteiger charge is -2.34. The van der Waals surface area contributed by atoms with Crippen LogP contribution in [0.15, 0.2) is 30.3 Å². The number of ether oxygens (including phenoxy) is 1. The molecule has 26 heavy (non-hydrogen) atoms. The zero-order valence-electron chi connectivity index (χ0n) is 13.7. The average molecular weight is 388 g/mol. The molecule has 5 nitrogen and oxygen atoms in total. The summed E-state index contributed by atoms with van der Waals surface area (Å²) in [5, 5.41) is 5.94. The van der Waals surface area contributed by atoms with Crippen molar-refractivity contribution < 1.29 is 22.7 Å². The number of alkyl halides is 3. The predicted octanol–water partition coefficient (Wildman–Crippen LogP) is 3.90. The van der Waals surface area contributed by atoms with Gasteiger partial charge in [-0.1, -0.05) is 29.8 Å². The molecule has 9 heteroatoms. The molecule has 1 N–H and O–H groups in total. The van der Waals surface area contributed by atoms with Gasteiger partial charge in [0.2, 0.25) is 0 Å². The van der Waals surface area contributed by atoms with Crippen molar-refractivity contribution in [3.05, 3.63) is 52.3 Å². The Morgan fingerprint density at radius 2 is 2.00 bits per heavy atom. The first-order valence-electron chi connectivity index (χ1n) is 8.11. The van der Waals surface area contributed by atoms with Gasteiger partial charge in [0.25, 0.3) is 5.91 Å². The van der Waals surface area contributed by atoms with E-state index in [2.05, 4.69) is 5.10 Å². The summed E-state index contributed by atoms with van der Waals surface area (Å²) in [6.45, 7) is 1.17. The van der Waals surface area contributed by atoms with Gasteiger partial charge in [-0.05, 0) is 24.5 Å². The first kappa shape index (κ1) is 18.7. The van der Waals surface area contributed by atoms with Crippen molar-refractivity contribution in [1.82, 2.24) is 15.1 Å². The molecule has 1 aliphatic heterocycles. The van der Waals surface area contributed by atoms with Gasteiger partial charge in [-0.15, -0.1) is 0 Å². The van der Waals surface area contributed by atoms with E-state index in [4.69, 9.17) is 16.3 Å². The van der Waals surface area contributed by atoms with Crippen LogP contribution in [-0.2, 0) is 17.5 Å². The van der Waals surface area contributed by atoms with Crippen LogP contribution in [0, 0.1) is 0 Å². The Kier molecular flexibility index (Phi) is 5.52. The highest BCUT2D eigenvalue weighted by Crippen LogP contribution is 2.29. The highest BCUT2D eigenvalue weighted by Gasteiger charge is 2.35. The summed E-state index contributed by atoms with van der Waals surface area (Å²) in [7, 11) is 0. The van der Waals surface area contributed by atoms with Crippen LogP contribution in [0.1, 0.15) is 34.6 Å². The summed E-state index contributed by atoms with van der Waals surface area (Å²) in [6.07, 6.45) is -3.38. The number of nitrogens with zero attached hydrogens (tertiary/aromatic N) is 2. The van der Waals surface area contributed by atoms with Crippen molar-refractivity contribution in [2.24, 2.45) is 0 Å². The van der Waals surface area contributed by atoms with Crippen LogP contribution in [0.25, 0.3) is 0 Å². The quantitative estimate of drug-likeness (QED) is 0.865. The molecular weight excluding hydrogens is 371 g/mol. The number of nitrogens with one attached hydrogen (secondary N) is 1. The molecular formula is C17H17ClF3N3O2. The van der Waals surface area contributed by atoms with E-state index in [9.17, 15) is 18.0 Å². The highest BCUT2D eigenvalue weighted by atomic mass is 35.5. The number of carbonyl (C=O) groups excluding carboxylic acids is 1. The van der Waals surface area contributed by atoms with E-state index < -0.39 is 17.8 Å². The summed E-state index contributed by atoms with van der Waals surface area (Å²) in [5.41, 5.74) is -0.595. The van der Waals surface area contributed by atoms with E-state index in [-0.39, 0.29) is 18.3 Å². The molecule has 1 aliphatic rings. The van der Waals surface area contributed by atoms with Gasteiger partial charge >= 0.3 is 6.18 Å². The highest BCUT2D eigenvalue weighted by molar-refractivity contribution is 6.31. The second-order valence-electron chi connectivity index (χ2n) is 6.03. The van der Waals surface area contributed by atoms with Gasteiger partial charge in [0, 0.05) is 36.9 Å². The zero-order valence-corrected chi connectivity index (χ0v) is 14.5. The van der Waals surface area contributed by atoms with Gasteiger partial charge < -0.3 is 9.64 Å². The Bertz CT molecular complexity index is 773. The second kappa shape index (κ2) is 7.67. The summed E-state index contributed by atoms with van der Waals surface area (Å²) >= 11 is 6.19. The number of hydrogen-bond donors (Lipinski definition) is 1. The van der Waals surface area contributed by atoms with Gasteiger partial charge in [-0.25, -0.2) is 0 Å². The SMILES string of the molecule is O=C(c1cc(C(F)(F)F)[nH]n1)N(Cc1ccccc1Cl)C1CCOCC1. The van der Waals surface area contributed by atoms with Crippen molar-refractivity contribution in [3.63, 3.8) is 0 Å². The molecule has 3 rings (SSSR count). The summed E-state index contributed by atoms with van der Waals surface area (Å²) in [6, 6.07) is 7.65. The van der Waals surface area contributed by atoms with Crippen LogP contribution in [0.5, 0.6) is 0 Å². The van der Waals surface area contributed by atoms with Crippen LogP contribution < -0.4 is 0 Å². The molecule has 0 unspecified atom stereocenters. The molecule has 0 aliphatic carbocycles. The van der Waals surface area contributed by atoms with Crippen molar-refractivity contribution >= 4 is 17.5 Å². The molecule has 140 valence electrons. The number of aromatic amines is 1. The Morgan fingerprint density at radius 3 is 2.62 bits per heavy atom. The molecule has 1 aromatic heterocycles. The Hall–Kier alpha value is -2.06. The number of benzene rings is 1. The third-order valence-electron chi connectivity index (χ3n) is 4.29. The summed E-state index contributed by atoms with van der Waals surface area (Å²) in [5.74, 6) is -0.566. The van der Waals surface area contributed by atoms with Crippen LogP contribution in [0.4, 0.5) is 13.2 Å². The minimum absolute atomic E-state index is 0.154. The maximum atomic E-state index is 12.9. The number of rotatable bonds is 4. The van der Waals surface area contributed by atoms with Gasteiger partial charge in [0.05, 0.1) is 0 Å². The fraction of sp³-hybridized carbons (Fsp3) is 0.412. The molecule has 2 heterocycles. The van der Waals surface area contributed by atoms with Crippen molar-refractivity contribution in [2.75, 3.05) is 13.2 Å². The molecule has 0 bridgehead atoms. The molecule has 0 atom stereocenters. The summed E-state index contributed by atoms with van der Waals surface area (Å²) < 4.78 is 43.7. The van der Waals surface area contributed by atoms with Gasteiger partial charge in [0.1, 0.15) is 5.69 Å². The van der Waals surface area contributed by atoms with E-state index in [1.807, 2.05) is 5.10 Å². The number of hydrogen-bond acceptors (Lipinski definition) is 3. The maximum Gasteiger partial charge on any atom is 0.432 e. The zero-order chi connectivity index (χ0) is 18.7. The third kappa shape index (κ3) is 4.19. The van der Waals surface area contributed by atoms with Crippen LogP contribution in [0.2, 0.25) is 5.02 Å². The third-order valence-corrected chi connectivity index (χ3v) is 4.66. The van der Waals surface area contributed by atoms with Gasteiger partial charge in [-0.3, -0.25) is 9.89 Å². The maximum absolute atomic E-state index is 12.9. The van der Waals surface area contributed by atoms with E-state index in [0.29, 0.717) is 31.1 Å². The Labute approximate surface area is 153 Å². The van der Waals surface area contributed by atoms with Gasteiger partial charge in [0.15, 0.2) is 5.69 Å². The number of carbonyl (C=O) groups is 1. The minimum atomic E-state index is -4.59. The molecule has 1 saturated heterocycles. The van der Waals surface area contributed by atoms with Crippen LogP contribution >= 0.6 is 11.6 Å². The van der Waals surface area contributed by atoms with Crippen molar-refractivity contribution in [3.8, 4) is 0 Å². The molecule has 0 spiro atoms. The smallest absolute Gasteiger partial charge is 0.381 e. The fourth-order valence-electron chi connectivity index (χ4n) is 2.90. The largest absolute Gasteiger partial charge is 0.432 e. The molecule has 1 fully saturated rings. The van der Waals surface area contributed by atoms with E-state index in [1.165, 1.54) is 4.90 Å². The molecule has 0 saturated carbocycles. The monoisotopic (exact) mass is 387 g/mol. The standard InChI is InChI=1S/C17H17ClF3N3O2/c18-13-4-2-1-3-11(13)10-24(12-5-7-26-8-6-12)16(25)14-9-15(23-22-14)17(19,20)21/h1-4,9,12H,5-8,10H2,(H,22,23). The van der Waals surface area contributed by atoms with Crippen molar-refractivity contribution in [2.45, 2.75) is 31.6 Å². The topological polar surface area (TPSA) is 58.2 Å². The Morgan fingerprint density at radius 1 is 1.31 bits per heavy atom. The van der Waals surface area contributed by atoms with E-state index in [1.54, 1.807) is 24.3 Å².